The summed E-state index contributed by atoms with van der Waals surface area (Å²) in [6, 6.07) is 10.6. The lowest BCUT2D eigenvalue weighted by molar-refractivity contribution is 0.349. The van der Waals surface area contributed by atoms with Gasteiger partial charge in [0.25, 0.3) is 0 Å². The highest BCUT2D eigenvalue weighted by molar-refractivity contribution is 5.95. The number of nitriles is 1. The van der Waals surface area contributed by atoms with Gasteiger partial charge >= 0.3 is 0 Å². The fraction of sp³-hybridized carbons (Fsp3) is 0.381. The Hall–Kier alpha value is -2.91. The second kappa shape index (κ2) is 7.37. The van der Waals surface area contributed by atoms with E-state index in [2.05, 4.69) is 51.5 Å². The summed E-state index contributed by atoms with van der Waals surface area (Å²) in [4.78, 5) is 11.3. The van der Waals surface area contributed by atoms with Crippen LogP contribution in [0.4, 0.5) is 5.69 Å². The van der Waals surface area contributed by atoms with Crippen LogP contribution in [0.5, 0.6) is 0 Å². The van der Waals surface area contributed by atoms with Crippen LogP contribution in [-0.4, -0.2) is 33.7 Å². The Morgan fingerprint density at radius 2 is 2.15 bits per heavy atom. The third kappa shape index (κ3) is 3.64. The molecule has 0 unspecified atom stereocenters. The van der Waals surface area contributed by atoms with E-state index in [9.17, 15) is 5.26 Å². The highest BCUT2D eigenvalue weighted by atomic mass is 15.2. The van der Waals surface area contributed by atoms with E-state index in [1.54, 1.807) is 6.20 Å². The number of imidazole rings is 1. The Bertz CT molecular complexity index is 986. The zero-order valence-corrected chi connectivity index (χ0v) is 15.8. The molecule has 2 aromatic heterocycles. The second-order valence-electron chi connectivity index (χ2n) is 7.50. The van der Waals surface area contributed by atoms with Crippen molar-refractivity contribution in [2.24, 2.45) is 13.0 Å². The number of aryl methyl sites for hydroxylation is 1. The molecule has 0 bridgehead atoms. The largest absolute Gasteiger partial charge is 0.369 e. The molecule has 0 spiro atoms. The highest BCUT2D eigenvalue weighted by Crippen LogP contribution is 2.31. The van der Waals surface area contributed by atoms with E-state index >= 15 is 0 Å². The normalized spacial score (nSPS) is 20.0. The third-order valence-electron chi connectivity index (χ3n) is 5.20. The lowest BCUT2D eigenvalue weighted by Gasteiger charge is -2.39. The first kappa shape index (κ1) is 17.5. The van der Waals surface area contributed by atoms with Crippen molar-refractivity contribution < 1.29 is 0 Å². The molecule has 0 radical (unpaired) electrons. The van der Waals surface area contributed by atoms with E-state index in [-0.39, 0.29) is 0 Å². The average molecular weight is 360 g/mol. The molecule has 27 heavy (non-hydrogen) atoms. The zero-order chi connectivity index (χ0) is 18.8. The van der Waals surface area contributed by atoms with Crippen molar-refractivity contribution in [3.8, 4) is 6.07 Å². The number of hydrogen-bond donors (Lipinski definition) is 1. The fourth-order valence-electron chi connectivity index (χ4n) is 4.03. The van der Waals surface area contributed by atoms with Gasteiger partial charge in [0.05, 0.1) is 23.1 Å². The molecular weight excluding hydrogens is 336 g/mol. The summed E-state index contributed by atoms with van der Waals surface area (Å²) in [5.41, 5.74) is 3.64. The molecular formula is C21H24N6. The number of nitrogens with zero attached hydrogens (tertiary/aromatic N) is 5. The Balaban J connectivity index is 1.56. The number of benzene rings is 1. The molecule has 1 saturated heterocycles. The minimum absolute atomic E-state index is 0.401. The number of piperidine rings is 1. The summed E-state index contributed by atoms with van der Waals surface area (Å²) in [7, 11) is 1.99. The van der Waals surface area contributed by atoms with Gasteiger partial charge in [0, 0.05) is 56.2 Å². The van der Waals surface area contributed by atoms with Crippen molar-refractivity contribution >= 4 is 16.6 Å². The molecule has 0 aliphatic carbocycles. The molecule has 1 fully saturated rings. The Kier molecular flexibility index (Phi) is 4.78. The average Bonchev–Trinajstić information content (AvgIpc) is 3.10. The van der Waals surface area contributed by atoms with Crippen LogP contribution in [-0.2, 0) is 13.6 Å². The van der Waals surface area contributed by atoms with E-state index in [1.165, 1.54) is 0 Å². The highest BCUT2D eigenvalue weighted by Gasteiger charge is 2.26. The van der Waals surface area contributed by atoms with Gasteiger partial charge in [0.15, 0.2) is 0 Å². The van der Waals surface area contributed by atoms with Crippen molar-refractivity contribution in [1.82, 2.24) is 19.9 Å². The Labute approximate surface area is 159 Å². The second-order valence-corrected chi connectivity index (χ2v) is 7.50. The number of nitrogens with one attached hydrogen (secondary N) is 1. The maximum absolute atomic E-state index is 9.38. The standard InChI is InChI=1S/C21H24N6/c1-15-8-17(24-10-18-12-26(2)14-25-18)13-27(11-15)20-6-5-16(9-22)21-19(20)4-3-7-23-21/h3-7,12,14-15,17,24H,8,10-11,13H2,1-2H3/t15-,17+/m0/s1. The molecule has 6 nitrogen and oxygen atoms in total. The van der Waals surface area contributed by atoms with Gasteiger partial charge in [-0.15, -0.1) is 0 Å². The van der Waals surface area contributed by atoms with Gasteiger partial charge in [-0.2, -0.15) is 5.26 Å². The molecule has 1 aromatic carbocycles. The first-order chi connectivity index (χ1) is 13.1. The zero-order valence-electron chi connectivity index (χ0n) is 15.8. The summed E-state index contributed by atoms with van der Waals surface area (Å²) in [6.07, 6.45) is 6.79. The van der Waals surface area contributed by atoms with Gasteiger partial charge in [0.2, 0.25) is 0 Å². The fourth-order valence-corrected chi connectivity index (χ4v) is 4.03. The minimum atomic E-state index is 0.401. The summed E-state index contributed by atoms with van der Waals surface area (Å²) in [5, 5.41) is 14.1. The molecule has 138 valence electrons. The van der Waals surface area contributed by atoms with Crippen LogP contribution in [0.2, 0.25) is 0 Å². The lowest BCUT2D eigenvalue weighted by atomic mass is 9.94. The van der Waals surface area contributed by atoms with Gasteiger partial charge in [-0.05, 0) is 36.6 Å². The Morgan fingerprint density at radius 3 is 2.93 bits per heavy atom. The molecule has 1 N–H and O–H groups in total. The van der Waals surface area contributed by atoms with Crippen molar-refractivity contribution in [2.75, 3.05) is 18.0 Å². The maximum Gasteiger partial charge on any atom is 0.101 e. The predicted octanol–water partition coefficient (Wildman–Crippen LogP) is 2.84. The molecule has 6 heteroatoms. The van der Waals surface area contributed by atoms with Crippen molar-refractivity contribution in [2.45, 2.75) is 25.9 Å². The van der Waals surface area contributed by atoms with Crippen molar-refractivity contribution in [1.29, 1.82) is 5.26 Å². The van der Waals surface area contributed by atoms with Gasteiger partial charge in [0.1, 0.15) is 6.07 Å². The molecule has 2 atom stereocenters. The van der Waals surface area contributed by atoms with Crippen molar-refractivity contribution in [3.05, 3.63) is 54.2 Å². The van der Waals surface area contributed by atoms with Gasteiger partial charge in [-0.1, -0.05) is 6.92 Å². The predicted molar refractivity (Wildman–Crippen MR) is 106 cm³/mol. The van der Waals surface area contributed by atoms with E-state index < -0.39 is 0 Å². The third-order valence-corrected chi connectivity index (χ3v) is 5.20. The summed E-state index contributed by atoms with van der Waals surface area (Å²) in [6.45, 7) is 5.03. The summed E-state index contributed by atoms with van der Waals surface area (Å²) in [5.74, 6) is 0.586. The van der Waals surface area contributed by atoms with E-state index in [4.69, 9.17) is 0 Å². The van der Waals surface area contributed by atoms with Crippen LogP contribution in [0.15, 0.2) is 43.0 Å². The number of aromatic nitrogens is 3. The first-order valence-electron chi connectivity index (χ1n) is 9.37. The van der Waals surface area contributed by atoms with Crippen LogP contribution in [0.1, 0.15) is 24.6 Å². The smallest absolute Gasteiger partial charge is 0.101 e. The quantitative estimate of drug-likeness (QED) is 0.775. The van der Waals surface area contributed by atoms with Crippen LogP contribution in [0.3, 0.4) is 0 Å². The number of pyridine rings is 1. The summed E-state index contributed by atoms with van der Waals surface area (Å²) >= 11 is 0. The lowest BCUT2D eigenvalue weighted by Crippen LogP contribution is -2.48. The Morgan fingerprint density at radius 1 is 1.26 bits per heavy atom. The number of hydrogen-bond acceptors (Lipinski definition) is 5. The monoisotopic (exact) mass is 360 g/mol. The topological polar surface area (TPSA) is 69.8 Å². The van der Waals surface area contributed by atoms with E-state index in [0.717, 1.165) is 48.3 Å². The molecule has 1 aliphatic rings. The molecule has 0 saturated carbocycles. The molecule has 0 amide bonds. The molecule has 3 aromatic rings. The van der Waals surface area contributed by atoms with E-state index in [0.29, 0.717) is 17.5 Å². The first-order valence-corrected chi connectivity index (χ1v) is 9.37. The summed E-state index contributed by atoms with van der Waals surface area (Å²) < 4.78 is 1.97. The minimum Gasteiger partial charge on any atom is -0.369 e. The van der Waals surface area contributed by atoms with Crippen LogP contribution in [0.25, 0.3) is 10.9 Å². The molecule has 3 heterocycles. The van der Waals surface area contributed by atoms with Gasteiger partial charge in [-0.3, -0.25) is 4.98 Å². The number of anilines is 1. The SMILES string of the molecule is C[C@H]1C[C@@H](NCc2cn(C)cn2)CN(c2ccc(C#N)c3ncccc23)C1. The number of fused-ring (bicyclic) bond motifs is 1. The van der Waals surface area contributed by atoms with Crippen LogP contribution < -0.4 is 10.2 Å². The van der Waals surface area contributed by atoms with Crippen LogP contribution in [0, 0.1) is 17.2 Å². The van der Waals surface area contributed by atoms with Crippen molar-refractivity contribution in [3.63, 3.8) is 0 Å². The van der Waals surface area contributed by atoms with E-state index in [1.807, 2.05) is 30.1 Å². The maximum atomic E-state index is 9.38. The molecule has 4 rings (SSSR count). The van der Waals surface area contributed by atoms with Gasteiger partial charge < -0.3 is 14.8 Å². The van der Waals surface area contributed by atoms with Gasteiger partial charge in [-0.25, -0.2) is 4.98 Å². The van der Waals surface area contributed by atoms with Crippen LogP contribution >= 0.6 is 0 Å². The number of rotatable bonds is 4. The molecule has 1 aliphatic heterocycles.